The van der Waals surface area contributed by atoms with Gasteiger partial charge in [-0.3, -0.25) is 4.79 Å². The van der Waals surface area contributed by atoms with Gasteiger partial charge in [-0.25, -0.2) is 0 Å². The summed E-state index contributed by atoms with van der Waals surface area (Å²) in [5.74, 6) is -0.0922. The van der Waals surface area contributed by atoms with E-state index in [9.17, 15) is 4.79 Å². The third kappa shape index (κ3) is 2.87. The van der Waals surface area contributed by atoms with Gasteiger partial charge in [0, 0.05) is 18.7 Å². The number of hydrogen-bond donors (Lipinski definition) is 2. The van der Waals surface area contributed by atoms with Crippen molar-refractivity contribution < 1.29 is 4.79 Å². The Labute approximate surface area is 77.9 Å². The van der Waals surface area contributed by atoms with Crippen molar-refractivity contribution in [1.29, 1.82) is 0 Å². The van der Waals surface area contributed by atoms with Gasteiger partial charge in [0.05, 0.1) is 0 Å². The fraction of sp³-hybridized carbons (Fsp3) is 0.200. The molecule has 0 spiro atoms. The molecule has 13 heavy (non-hydrogen) atoms. The number of hydrogen-bond acceptors (Lipinski definition) is 2. The summed E-state index contributed by atoms with van der Waals surface area (Å²) in [6, 6.07) is 7.09. The van der Waals surface area contributed by atoms with Crippen molar-refractivity contribution >= 4 is 5.91 Å². The van der Waals surface area contributed by atoms with Gasteiger partial charge in [0.2, 0.25) is 0 Å². The Kier molecular flexibility index (Phi) is 3.46. The average Bonchev–Trinajstić information content (AvgIpc) is 2.15. The van der Waals surface area contributed by atoms with Gasteiger partial charge in [0.15, 0.2) is 0 Å². The van der Waals surface area contributed by atoms with E-state index in [1.807, 2.05) is 0 Å². The maximum Gasteiger partial charge on any atom is 0.251 e. The summed E-state index contributed by atoms with van der Waals surface area (Å²) in [6.45, 7) is 4.69. The zero-order valence-corrected chi connectivity index (χ0v) is 7.42. The van der Waals surface area contributed by atoms with Crippen LogP contribution in [0.3, 0.4) is 0 Å². The lowest BCUT2D eigenvalue weighted by molar-refractivity contribution is 0.0955. The largest absolute Gasteiger partial charge is 0.351 e. The van der Waals surface area contributed by atoms with Crippen LogP contribution in [0.25, 0.3) is 0 Å². The first-order chi connectivity index (χ1) is 6.24. The lowest BCUT2D eigenvalue weighted by atomic mass is 10.1. The van der Waals surface area contributed by atoms with E-state index >= 15 is 0 Å². The van der Waals surface area contributed by atoms with Crippen LogP contribution in [0.15, 0.2) is 24.3 Å². The van der Waals surface area contributed by atoms with Crippen molar-refractivity contribution in [3.05, 3.63) is 42.3 Å². The molecule has 0 saturated carbocycles. The van der Waals surface area contributed by atoms with Crippen LogP contribution in [-0.4, -0.2) is 19.0 Å². The summed E-state index contributed by atoms with van der Waals surface area (Å²) >= 11 is 0. The molecule has 1 aromatic carbocycles. The SMILES string of the molecule is [CH2]c1ccc(C(=O)NCCN)cc1. The second kappa shape index (κ2) is 4.62. The van der Waals surface area contributed by atoms with Crippen LogP contribution in [0.4, 0.5) is 0 Å². The zero-order valence-electron chi connectivity index (χ0n) is 7.42. The number of benzene rings is 1. The van der Waals surface area contributed by atoms with Crippen LogP contribution in [0.5, 0.6) is 0 Å². The summed E-state index contributed by atoms with van der Waals surface area (Å²) in [4.78, 5) is 11.3. The normalized spacial score (nSPS) is 9.69. The standard InChI is InChI=1S/C10H13N2O/c1-8-2-4-9(5-3-8)10(13)12-7-6-11/h2-5H,1,6-7,11H2,(H,12,13). The molecule has 0 aliphatic carbocycles. The molecule has 1 aromatic rings. The molecule has 0 atom stereocenters. The van der Waals surface area contributed by atoms with Gasteiger partial charge in [-0.05, 0) is 24.6 Å². The monoisotopic (exact) mass is 177 g/mol. The van der Waals surface area contributed by atoms with E-state index in [1.165, 1.54) is 0 Å². The van der Waals surface area contributed by atoms with E-state index < -0.39 is 0 Å². The lowest BCUT2D eigenvalue weighted by Crippen LogP contribution is -2.28. The molecular formula is C10H13N2O. The Balaban J connectivity index is 2.61. The molecule has 1 radical (unpaired) electrons. The molecule has 1 rings (SSSR count). The van der Waals surface area contributed by atoms with Gasteiger partial charge < -0.3 is 11.1 Å². The fourth-order valence-electron chi connectivity index (χ4n) is 0.944. The summed E-state index contributed by atoms with van der Waals surface area (Å²) in [7, 11) is 0. The molecule has 3 N–H and O–H groups in total. The van der Waals surface area contributed by atoms with Crippen LogP contribution < -0.4 is 11.1 Å². The van der Waals surface area contributed by atoms with Crippen molar-refractivity contribution in [3.63, 3.8) is 0 Å². The molecule has 3 heteroatoms. The highest BCUT2D eigenvalue weighted by molar-refractivity contribution is 5.94. The summed E-state index contributed by atoms with van der Waals surface area (Å²) in [5, 5.41) is 2.68. The molecule has 1 amide bonds. The lowest BCUT2D eigenvalue weighted by Gasteiger charge is -2.02. The van der Waals surface area contributed by atoms with Gasteiger partial charge in [-0.1, -0.05) is 12.1 Å². The minimum atomic E-state index is -0.0922. The minimum absolute atomic E-state index is 0.0922. The number of nitrogens with two attached hydrogens (primary N) is 1. The van der Waals surface area contributed by atoms with E-state index in [0.29, 0.717) is 18.7 Å². The van der Waals surface area contributed by atoms with Gasteiger partial charge in [0.1, 0.15) is 0 Å². The zero-order chi connectivity index (χ0) is 9.68. The maximum atomic E-state index is 11.3. The molecule has 0 unspecified atom stereocenters. The van der Waals surface area contributed by atoms with Crippen LogP contribution >= 0.6 is 0 Å². The molecule has 0 aromatic heterocycles. The van der Waals surface area contributed by atoms with Crippen LogP contribution in [0.1, 0.15) is 15.9 Å². The van der Waals surface area contributed by atoms with E-state index in [1.54, 1.807) is 24.3 Å². The quantitative estimate of drug-likeness (QED) is 0.708. The van der Waals surface area contributed by atoms with Gasteiger partial charge in [0.25, 0.3) is 5.91 Å². The highest BCUT2D eigenvalue weighted by atomic mass is 16.1. The van der Waals surface area contributed by atoms with Crippen LogP contribution in [-0.2, 0) is 0 Å². The molecule has 0 aliphatic heterocycles. The number of nitrogens with one attached hydrogen (secondary N) is 1. The number of rotatable bonds is 3. The first-order valence-electron chi connectivity index (χ1n) is 4.14. The molecule has 0 fully saturated rings. The average molecular weight is 177 g/mol. The van der Waals surface area contributed by atoms with Gasteiger partial charge in [-0.15, -0.1) is 0 Å². The minimum Gasteiger partial charge on any atom is -0.351 e. The van der Waals surface area contributed by atoms with Gasteiger partial charge in [-0.2, -0.15) is 0 Å². The van der Waals surface area contributed by atoms with E-state index in [4.69, 9.17) is 5.73 Å². The van der Waals surface area contributed by atoms with Crippen molar-refractivity contribution in [2.24, 2.45) is 5.73 Å². The highest BCUT2D eigenvalue weighted by Gasteiger charge is 2.02. The Bertz CT molecular complexity index is 279. The predicted molar refractivity (Wildman–Crippen MR) is 52.3 cm³/mol. The predicted octanol–water partition coefficient (Wildman–Crippen LogP) is 0.557. The fourth-order valence-corrected chi connectivity index (χ4v) is 0.944. The summed E-state index contributed by atoms with van der Waals surface area (Å²) < 4.78 is 0. The maximum absolute atomic E-state index is 11.3. The molecule has 3 nitrogen and oxygen atoms in total. The van der Waals surface area contributed by atoms with E-state index in [0.717, 1.165) is 5.56 Å². The second-order valence-corrected chi connectivity index (χ2v) is 2.74. The van der Waals surface area contributed by atoms with E-state index in [2.05, 4.69) is 12.2 Å². The van der Waals surface area contributed by atoms with Crippen molar-refractivity contribution in [3.8, 4) is 0 Å². The second-order valence-electron chi connectivity index (χ2n) is 2.74. The Hall–Kier alpha value is -1.35. The van der Waals surface area contributed by atoms with Gasteiger partial charge >= 0.3 is 0 Å². The Morgan fingerprint density at radius 1 is 1.38 bits per heavy atom. The van der Waals surface area contributed by atoms with Crippen molar-refractivity contribution in [1.82, 2.24) is 5.32 Å². The van der Waals surface area contributed by atoms with Crippen molar-refractivity contribution in [2.45, 2.75) is 0 Å². The molecule has 69 valence electrons. The molecule has 0 bridgehead atoms. The van der Waals surface area contributed by atoms with Crippen molar-refractivity contribution in [2.75, 3.05) is 13.1 Å². The third-order valence-electron chi connectivity index (χ3n) is 1.65. The highest BCUT2D eigenvalue weighted by Crippen LogP contribution is 2.02. The van der Waals surface area contributed by atoms with Crippen LogP contribution in [0.2, 0.25) is 0 Å². The molecule has 0 aliphatic rings. The Morgan fingerprint density at radius 2 is 2.00 bits per heavy atom. The van der Waals surface area contributed by atoms with E-state index in [-0.39, 0.29) is 5.91 Å². The first kappa shape index (κ1) is 9.74. The number of carbonyl (C=O) groups excluding carboxylic acids is 1. The van der Waals surface area contributed by atoms with Crippen LogP contribution in [0, 0.1) is 6.92 Å². The Morgan fingerprint density at radius 3 is 2.54 bits per heavy atom. The molecular weight excluding hydrogens is 164 g/mol. The first-order valence-corrected chi connectivity index (χ1v) is 4.14. The summed E-state index contributed by atoms with van der Waals surface area (Å²) in [5.41, 5.74) is 6.79. The topological polar surface area (TPSA) is 55.1 Å². The summed E-state index contributed by atoms with van der Waals surface area (Å²) in [6.07, 6.45) is 0. The number of carbonyl (C=O) groups is 1. The molecule has 0 saturated heterocycles. The molecule has 0 heterocycles. The smallest absolute Gasteiger partial charge is 0.251 e. The number of amides is 1. The third-order valence-corrected chi connectivity index (χ3v) is 1.65.